The second-order valence-electron chi connectivity index (χ2n) is 1.79. The van der Waals surface area contributed by atoms with Crippen molar-refractivity contribution in [3.8, 4) is 0 Å². The van der Waals surface area contributed by atoms with Crippen molar-refractivity contribution in [1.82, 2.24) is 5.12 Å². The van der Waals surface area contributed by atoms with Gasteiger partial charge in [-0.05, 0) is 0 Å². The van der Waals surface area contributed by atoms with Crippen molar-refractivity contribution >= 4 is 11.7 Å². The molecule has 1 amide bonds. The number of carbonyl (C=O) groups excluding carboxylic acids is 2. The second-order valence-corrected chi connectivity index (χ2v) is 1.79. The summed E-state index contributed by atoms with van der Waals surface area (Å²) < 4.78 is 12.1. The Balaban J connectivity index is 0.000000561. The highest BCUT2D eigenvalue weighted by atomic mass is 19.2. The van der Waals surface area contributed by atoms with E-state index in [4.69, 9.17) is 5.11 Å². The SMILES string of the molecule is CC.O=C1CN(F)C(=O)/C1=C\O. The van der Waals surface area contributed by atoms with Crippen molar-refractivity contribution in [2.24, 2.45) is 0 Å². The molecule has 1 aliphatic heterocycles. The maximum absolute atomic E-state index is 12.1. The molecule has 0 aromatic carbocycles. The molecule has 0 radical (unpaired) electrons. The maximum Gasteiger partial charge on any atom is 0.288 e. The monoisotopic (exact) mass is 175 g/mol. The summed E-state index contributed by atoms with van der Waals surface area (Å²) in [6.07, 6.45) is 0.324. The van der Waals surface area contributed by atoms with Gasteiger partial charge >= 0.3 is 0 Å². The first-order valence-corrected chi connectivity index (χ1v) is 3.52. The molecular weight excluding hydrogens is 165 g/mol. The molecule has 0 aliphatic carbocycles. The lowest BCUT2D eigenvalue weighted by Crippen LogP contribution is -2.14. The van der Waals surface area contributed by atoms with Gasteiger partial charge in [-0.3, -0.25) is 9.59 Å². The van der Waals surface area contributed by atoms with E-state index in [-0.39, 0.29) is 5.12 Å². The van der Waals surface area contributed by atoms with Gasteiger partial charge in [0.15, 0.2) is 5.78 Å². The lowest BCUT2D eigenvalue weighted by molar-refractivity contribution is -0.138. The Hall–Kier alpha value is -1.39. The van der Waals surface area contributed by atoms with Crippen LogP contribution in [0.4, 0.5) is 4.48 Å². The topological polar surface area (TPSA) is 57.6 Å². The van der Waals surface area contributed by atoms with Gasteiger partial charge in [-0.2, -0.15) is 5.12 Å². The van der Waals surface area contributed by atoms with Crippen LogP contribution in [0.25, 0.3) is 0 Å². The van der Waals surface area contributed by atoms with Gasteiger partial charge in [0.2, 0.25) is 0 Å². The molecule has 4 nitrogen and oxygen atoms in total. The van der Waals surface area contributed by atoms with Crippen LogP contribution >= 0.6 is 0 Å². The van der Waals surface area contributed by atoms with E-state index in [9.17, 15) is 14.1 Å². The molecule has 0 aromatic heterocycles. The van der Waals surface area contributed by atoms with Crippen LogP contribution < -0.4 is 0 Å². The summed E-state index contributed by atoms with van der Waals surface area (Å²) in [7, 11) is 0. The predicted octanol–water partition coefficient (Wildman–Crippen LogP) is 0.750. The van der Waals surface area contributed by atoms with Crippen LogP contribution in [0.5, 0.6) is 0 Å². The molecule has 0 spiro atoms. The Morgan fingerprint density at radius 2 is 2.00 bits per heavy atom. The summed E-state index contributed by atoms with van der Waals surface area (Å²) in [5.41, 5.74) is -0.498. The molecule has 1 N–H and O–H groups in total. The van der Waals surface area contributed by atoms with Crippen molar-refractivity contribution in [3.63, 3.8) is 0 Å². The van der Waals surface area contributed by atoms with Crippen molar-refractivity contribution in [2.75, 3.05) is 6.54 Å². The van der Waals surface area contributed by atoms with Crippen molar-refractivity contribution < 1.29 is 19.2 Å². The highest BCUT2D eigenvalue weighted by molar-refractivity contribution is 6.24. The van der Waals surface area contributed by atoms with E-state index in [2.05, 4.69) is 0 Å². The number of amides is 1. The molecule has 0 bridgehead atoms. The molecule has 0 atom stereocenters. The van der Waals surface area contributed by atoms with Gasteiger partial charge in [-0.15, -0.1) is 0 Å². The number of aliphatic hydroxyl groups excluding tert-OH is 1. The number of nitrogens with zero attached hydrogens (tertiary/aromatic N) is 1. The van der Waals surface area contributed by atoms with Gasteiger partial charge in [0.05, 0.1) is 6.26 Å². The Kier molecular flexibility index (Phi) is 3.96. The van der Waals surface area contributed by atoms with Crippen LogP contribution in [-0.4, -0.2) is 28.5 Å². The fourth-order valence-corrected chi connectivity index (χ4v) is 0.660. The molecule has 1 aliphatic rings. The van der Waals surface area contributed by atoms with Gasteiger partial charge in [0.1, 0.15) is 12.1 Å². The van der Waals surface area contributed by atoms with Crippen molar-refractivity contribution in [2.45, 2.75) is 13.8 Å². The average molecular weight is 175 g/mol. The van der Waals surface area contributed by atoms with E-state index < -0.39 is 23.8 Å². The lowest BCUT2D eigenvalue weighted by atomic mass is 10.2. The van der Waals surface area contributed by atoms with Gasteiger partial charge in [-0.1, -0.05) is 18.3 Å². The highest BCUT2D eigenvalue weighted by Gasteiger charge is 2.34. The van der Waals surface area contributed by atoms with E-state index in [0.29, 0.717) is 6.26 Å². The van der Waals surface area contributed by atoms with E-state index in [1.165, 1.54) is 0 Å². The minimum Gasteiger partial charge on any atom is -0.515 e. The third kappa shape index (κ3) is 1.81. The predicted molar refractivity (Wildman–Crippen MR) is 39.9 cm³/mol. The Morgan fingerprint density at radius 1 is 1.50 bits per heavy atom. The third-order valence-corrected chi connectivity index (χ3v) is 1.16. The number of ketones is 1. The van der Waals surface area contributed by atoms with E-state index in [1.807, 2.05) is 13.8 Å². The van der Waals surface area contributed by atoms with E-state index in [1.54, 1.807) is 0 Å². The molecule has 5 heteroatoms. The molecule has 1 fully saturated rings. The number of Topliss-reactive ketones (excluding diaryl/α,β-unsaturated/α-hetero) is 1. The molecule has 1 saturated heterocycles. The zero-order valence-corrected chi connectivity index (χ0v) is 6.87. The first kappa shape index (κ1) is 10.6. The molecular formula is C7H10FNO3. The maximum atomic E-state index is 12.1. The summed E-state index contributed by atoms with van der Waals surface area (Å²) in [4.78, 5) is 20.9. The first-order valence-electron chi connectivity index (χ1n) is 3.52. The molecule has 0 unspecified atom stereocenters. The lowest BCUT2D eigenvalue weighted by Gasteiger charge is -1.94. The van der Waals surface area contributed by atoms with Crippen LogP contribution in [0.3, 0.4) is 0 Å². The van der Waals surface area contributed by atoms with Crippen molar-refractivity contribution in [1.29, 1.82) is 0 Å². The number of aliphatic hydroxyl groups is 1. The molecule has 68 valence electrons. The highest BCUT2D eigenvalue weighted by Crippen LogP contribution is 2.12. The quantitative estimate of drug-likeness (QED) is 0.256. The fourth-order valence-electron chi connectivity index (χ4n) is 0.660. The Labute approximate surface area is 69.2 Å². The number of hydrogen-bond donors (Lipinski definition) is 1. The van der Waals surface area contributed by atoms with Gasteiger partial charge in [0.25, 0.3) is 5.91 Å². The summed E-state index contributed by atoms with van der Waals surface area (Å²) in [5.74, 6) is -1.78. The number of carbonyl (C=O) groups is 2. The van der Waals surface area contributed by atoms with Crippen LogP contribution in [0.2, 0.25) is 0 Å². The molecule has 0 saturated carbocycles. The normalized spacial score (nSPS) is 19.6. The zero-order valence-electron chi connectivity index (χ0n) is 6.87. The third-order valence-electron chi connectivity index (χ3n) is 1.16. The molecule has 1 heterocycles. The second kappa shape index (κ2) is 4.48. The largest absolute Gasteiger partial charge is 0.515 e. The zero-order chi connectivity index (χ0) is 9.72. The first-order chi connectivity index (χ1) is 5.66. The Bertz CT molecular complexity index is 225. The molecule has 1 rings (SSSR count). The van der Waals surface area contributed by atoms with E-state index in [0.717, 1.165) is 0 Å². The Morgan fingerprint density at radius 3 is 2.17 bits per heavy atom. The summed E-state index contributed by atoms with van der Waals surface area (Å²) >= 11 is 0. The van der Waals surface area contributed by atoms with Crippen LogP contribution in [0.15, 0.2) is 11.8 Å². The summed E-state index contributed by atoms with van der Waals surface area (Å²) in [6.45, 7) is 3.41. The van der Waals surface area contributed by atoms with Gasteiger partial charge in [0, 0.05) is 0 Å². The van der Waals surface area contributed by atoms with Crippen LogP contribution in [0, 0.1) is 0 Å². The molecule has 12 heavy (non-hydrogen) atoms. The fraction of sp³-hybridized carbons (Fsp3) is 0.429. The van der Waals surface area contributed by atoms with Gasteiger partial charge in [-0.25, -0.2) is 0 Å². The van der Waals surface area contributed by atoms with Crippen molar-refractivity contribution in [3.05, 3.63) is 11.8 Å². The average Bonchev–Trinajstić information content (AvgIpc) is 2.31. The summed E-state index contributed by atoms with van der Waals surface area (Å²) in [6, 6.07) is 0. The van der Waals surface area contributed by atoms with Crippen LogP contribution in [0.1, 0.15) is 13.8 Å². The minimum absolute atomic E-state index is 0.246. The number of hydrogen-bond acceptors (Lipinski definition) is 3. The minimum atomic E-state index is -1.08. The summed E-state index contributed by atoms with van der Waals surface area (Å²) in [5, 5.41) is 7.98. The number of halogens is 1. The van der Waals surface area contributed by atoms with Gasteiger partial charge < -0.3 is 5.11 Å². The molecule has 0 aromatic rings. The number of rotatable bonds is 0. The van der Waals surface area contributed by atoms with Crippen LogP contribution in [-0.2, 0) is 9.59 Å². The standard InChI is InChI=1S/C5H4FNO3.C2H6/c6-7-1-4(9)3(2-8)5(7)10;1-2/h2,8H,1H2;1-2H3/b3-2-;. The van der Waals surface area contributed by atoms with E-state index >= 15 is 0 Å². The smallest absolute Gasteiger partial charge is 0.288 e.